The van der Waals surface area contributed by atoms with Crippen molar-refractivity contribution in [3.05, 3.63) is 11.3 Å². The Hall–Kier alpha value is -0.460. The van der Waals surface area contributed by atoms with Crippen molar-refractivity contribution in [2.45, 2.75) is 52.5 Å². The van der Waals surface area contributed by atoms with E-state index in [4.69, 9.17) is 0 Å². The maximum absolute atomic E-state index is 2.39. The standard InChI is InChI=1S/C11H21N/c1-9(10-7-6-8-10)12(5)11(2,3)4/h6-8H2,1-5H3. The van der Waals surface area contributed by atoms with Crippen molar-refractivity contribution in [1.82, 2.24) is 4.90 Å². The fourth-order valence-corrected chi connectivity index (χ4v) is 1.46. The van der Waals surface area contributed by atoms with E-state index in [0.717, 1.165) is 0 Å². The zero-order chi connectivity index (χ0) is 9.35. The van der Waals surface area contributed by atoms with Gasteiger partial charge in [-0.15, -0.1) is 0 Å². The van der Waals surface area contributed by atoms with Gasteiger partial charge in [0.05, 0.1) is 0 Å². The van der Waals surface area contributed by atoms with Crippen LogP contribution in [0.2, 0.25) is 0 Å². The fourth-order valence-electron chi connectivity index (χ4n) is 1.46. The van der Waals surface area contributed by atoms with E-state index in [0.29, 0.717) is 0 Å². The van der Waals surface area contributed by atoms with Crippen LogP contribution in [-0.4, -0.2) is 17.5 Å². The van der Waals surface area contributed by atoms with Crippen LogP contribution in [0.1, 0.15) is 47.0 Å². The molecule has 0 atom stereocenters. The third-order valence-corrected chi connectivity index (χ3v) is 2.98. The highest BCUT2D eigenvalue weighted by Gasteiger charge is 2.21. The van der Waals surface area contributed by atoms with E-state index >= 15 is 0 Å². The first-order chi connectivity index (χ1) is 5.43. The molecule has 0 saturated heterocycles. The predicted octanol–water partition coefficient (Wildman–Crippen LogP) is 3.17. The summed E-state index contributed by atoms with van der Waals surface area (Å²) in [7, 11) is 2.20. The lowest BCUT2D eigenvalue weighted by atomic mass is 9.89. The molecule has 70 valence electrons. The second kappa shape index (κ2) is 3.12. The van der Waals surface area contributed by atoms with Crippen LogP contribution in [0.25, 0.3) is 0 Å². The van der Waals surface area contributed by atoms with Gasteiger partial charge in [0.2, 0.25) is 0 Å². The molecule has 0 bridgehead atoms. The third kappa shape index (κ3) is 1.82. The van der Waals surface area contributed by atoms with Crippen molar-refractivity contribution in [1.29, 1.82) is 0 Å². The van der Waals surface area contributed by atoms with Crippen LogP contribution < -0.4 is 0 Å². The van der Waals surface area contributed by atoms with Gasteiger partial charge in [0.25, 0.3) is 0 Å². The van der Waals surface area contributed by atoms with Crippen molar-refractivity contribution in [2.75, 3.05) is 7.05 Å². The molecule has 0 spiro atoms. The van der Waals surface area contributed by atoms with Crippen molar-refractivity contribution in [2.24, 2.45) is 0 Å². The van der Waals surface area contributed by atoms with E-state index in [1.807, 2.05) is 0 Å². The minimum atomic E-state index is 0.271. The lowest BCUT2D eigenvalue weighted by molar-refractivity contribution is 0.222. The molecule has 1 heteroatoms. The minimum Gasteiger partial charge on any atom is -0.373 e. The summed E-state index contributed by atoms with van der Waals surface area (Å²) in [6, 6.07) is 0. The maximum atomic E-state index is 2.39. The fraction of sp³-hybridized carbons (Fsp3) is 0.818. The van der Waals surface area contributed by atoms with Gasteiger partial charge in [-0.25, -0.2) is 0 Å². The van der Waals surface area contributed by atoms with E-state index in [1.165, 1.54) is 25.0 Å². The lowest BCUT2D eigenvalue weighted by Gasteiger charge is -2.37. The summed E-state index contributed by atoms with van der Waals surface area (Å²) < 4.78 is 0. The normalized spacial score (nSPS) is 17.2. The summed E-state index contributed by atoms with van der Waals surface area (Å²) in [5, 5.41) is 0. The molecule has 1 fully saturated rings. The van der Waals surface area contributed by atoms with Gasteiger partial charge < -0.3 is 4.90 Å². The smallest absolute Gasteiger partial charge is 0.0311 e. The van der Waals surface area contributed by atoms with Gasteiger partial charge >= 0.3 is 0 Å². The van der Waals surface area contributed by atoms with Crippen molar-refractivity contribution >= 4 is 0 Å². The van der Waals surface area contributed by atoms with E-state index in [2.05, 4.69) is 39.6 Å². The molecular weight excluding hydrogens is 146 g/mol. The number of nitrogens with zero attached hydrogens (tertiary/aromatic N) is 1. The molecule has 1 nitrogen and oxygen atoms in total. The first kappa shape index (κ1) is 9.63. The summed E-state index contributed by atoms with van der Waals surface area (Å²) in [4.78, 5) is 2.39. The Labute approximate surface area is 76.5 Å². The number of allylic oxidation sites excluding steroid dienone is 2. The molecule has 0 aromatic carbocycles. The summed E-state index contributed by atoms with van der Waals surface area (Å²) in [5.74, 6) is 0. The molecule has 0 unspecified atom stereocenters. The van der Waals surface area contributed by atoms with Crippen LogP contribution in [0.15, 0.2) is 11.3 Å². The Balaban J connectivity index is 2.69. The van der Waals surface area contributed by atoms with Gasteiger partial charge in [0.1, 0.15) is 0 Å². The monoisotopic (exact) mass is 167 g/mol. The summed E-state index contributed by atoms with van der Waals surface area (Å²) in [5.41, 5.74) is 3.42. The van der Waals surface area contributed by atoms with E-state index in [-0.39, 0.29) is 5.54 Å². The molecule has 1 aliphatic carbocycles. The van der Waals surface area contributed by atoms with Crippen molar-refractivity contribution in [3.63, 3.8) is 0 Å². The van der Waals surface area contributed by atoms with E-state index in [1.54, 1.807) is 5.57 Å². The topological polar surface area (TPSA) is 3.24 Å². The Kier molecular flexibility index (Phi) is 2.50. The van der Waals surface area contributed by atoms with Crippen LogP contribution in [0, 0.1) is 0 Å². The van der Waals surface area contributed by atoms with Crippen LogP contribution in [-0.2, 0) is 0 Å². The van der Waals surface area contributed by atoms with Crippen molar-refractivity contribution < 1.29 is 0 Å². The van der Waals surface area contributed by atoms with Gasteiger partial charge in [-0.3, -0.25) is 0 Å². The SMILES string of the molecule is CC(=C1CCC1)N(C)C(C)(C)C. The Morgan fingerprint density at radius 1 is 1.25 bits per heavy atom. The molecule has 0 amide bonds. The lowest BCUT2D eigenvalue weighted by Crippen LogP contribution is -2.37. The quantitative estimate of drug-likeness (QED) is 0.580. The molecular formula is C11H21N. The average molecular weight is 167 g/mol. The van der Waals surface area contributed by atoms with Gasteiger partial charge in [-0.2, -0.15) is 0 Å². The first-order valence-electron chi connectivity index (χ1n) is 4.85. The highest BCUT2D eigenvalue weighted by molar-refractivity contribution is 5.17. The molecule has 1 aliphatic rings. The third-order valence-electron chi connectivity index (χ3n) is 2.98. The Bertz CT molecular complexity index is 190. The van der Waals surface area contributed by atoms with Crippen LogP contribution >= 0.6 is 0 Å². The number of hydrogen-bond donors (Lipinski definition) is 0. The molecule has 12 heavy (non-hydrogen) atoms. The molecule has 0 aromatic heterocycles. The largest absolute Gasteiger partial charge is 0.373 e. The predicted molar refractivity (Wildman–Crippen MR) is 54.1 cm³/mol. The molecule has 0 N–H and O–H groups in total. The molecule has 0 aromatic rings. The highest BCUT2D eigenvalue weighted by Crippen LogP contribution is 2.31. The van der Waals surface area contributed by atoms with Crippen LogP contribution in [0.4, 0.5) is 0 Å². The zero-order valence-electron chi connectivity index (χ0n) is 9.07. The van der Waals surface area contributed by atoms with E-state index < -0.39 is 0 Å². The molecule has 0 heterocycles. The van der Waals surface area contributed by atoms with Crippen molar-refractivity contribution in [3.8, 4) is 0 Å². The Morgan fingerprint density at radius 2 is 1.75 bits per heavy atom. The number of rotatable bonds is 1. The average Bonchev–Trinajstić information content (AvgIpc) is 1.79. The zero-order valence-corrected chi connectivity index (χ0v) is 9.07. The summed E-state index contributed by atoms with van der Waals surface area (Å²) in [6.07, 6.45) is 4.04. The number of hydrogen-bond acceptors (Lipinski definition) is 1. The first-order valence-corrected chi connectivity index (χ1v) is 4.85. The van der Waals surface area contributed by atoms with Gasteiger partial charge in [0, 0.05) is 18.3 Å². The molecule has 1 rings (SSSR count). The second-order valence-electron chi connectivity index (χ2n) is 4.77. The second-order valence-corrected chi connectivity index (χ2v) is 4.77. The summed E-state index contributed by atoms with van der Waals surface area (Å²) >= 11 is 0. The highest BCUT2D eigenvalue weighted by atomic mass is 15.2. The van der Waals surface area contributed by atoms with Gasteiger partial charge in [-0.05, 0) is 47.0 Å². The minimum absolute atomic E-state index is 0.271. The molecule has 0 radical (unpaired) electrons. The van der Waals surface area contributed by atoms with E-state index in [9.17, 15) is 0 Å². The summed E-state index contributed by atoms with van der Waals surface area (Å²) in [6.45, 7) is 9.03. The van der Waals surface area contributed by atoms with Gasteiger partial charge in [-0.1, -0.05) is 5.57 Å². The molecule has 1 saturated carbocycles. The van der Waals surface area contributed by atoms with Gasteiger partial charge in [0.15, 0.2) is 0 Å². The van der Waals surface area contributed by atoms with Crippen LogP contribution in [0.3, 0.4) is 0 Å². The Morgan fingerprint density at radius 3 is 2.00 bits per heavy atom. The maximum Gasteiger partial charge on any atom is 0.0311 e. The molecule has 0 aliphatic heterocycles. The van der Waals surface area contributed by atoms with Crippen LogP contribution in [0.5, 0.6) is 0 Å².